The minimum Gasteiger partial charge on any atom is -0.361 e. The number of aryl methyl sites for hydroxylation is 1. The van der Waals surface area contributed by atoms with Crippen LogP contribution in [0.5, 0.6) is 0 Å². The number of nitrogens with one attached hydrogen (secondary N) is 2. The van der Waals surface area contributed by atoms with Crippen LogP contribution in [0, 0.1) is 0 Å². The number of fused-ring (bicyclic) bond motifs is 1. The Kier molecular flexibility index (Phi) is 5.55. The van der Waals surface area contributed by atoms with E-state index in [1.807, 2.05) is 42.6 Å². The van der Waals surface area contributed by atoms with Gasteiger partial charge in [0.1, 0.15) is 0 Å². The molecule has 0 saturated carbocycles. The molecule has 2 N–H and O–H groups in total. The van der Waals surface area contributed by atoms with Crippen molar-refractivity contribution in [3.8, 4) is 0 Å². The number of halogens is 1. The molecule has 0 radical (unpaired) electrons. The van der Waals surface area contributed by atoms with Gasteiger partial charge in [0.25, 0.3) is 0 Å². The van der Waals surface area contributed by atoms with Gasteiger partial charge in [-0.15, -0.1) is 0 Å². The molecule has 0 unspecified atom stereocenters. The lowest BCUT2D eigenvalue weighted by Gasteiger charge is -2.05. The van der Waals surface area contributed by atoms with E-state index in [2.05, 4.69) is 22.4 Å². The quantitative estimate of drug-likeness (QED) is 0.653. The molecule has 1 heterocycles. The van der Waals surface area contributed by atoms with Gasteiger partial charge >= 0.3 is 0 Å². The molecule has 0 aliphatic heterocycles. The van der Waals surface area contributed by atoms with E-state index in [0.29, 0.717) is 13.0 Å². The molecule has 0 fully saturated rings. The van der Waals surface area contributed by atoms with Gasteiger partial charge in [0.05, 0.1) is 0 Å². The van der Waals surface area contributed by atoms with Crippen molar-refractivity contribution < 1.29 is 4.79 Å². The molecule has 4 heteroatoms. The molecular weight excluding hydrogens is 320 g/mol. The van der Waals surface area contributed by atoms with Crippen molar-refractivity contribution in [2.45, 2.75) is 25.7 Å². The second kappa shape index (κ2) is 8.02. The van der Waals surface area contributed by atoms with Crippen molar-refractivity contribution in [2.24, 2.45) is 0 Å². The zero-order valence-electron chi connectivity index (χ0n) is 13.5. The first-order valence-corrected chi connectivity index (χ1v) is 8.66. The van der Waals surface area contributed by atoms with E-state index in [1.165, 1.54) is 16.5 Å². The monoisotopic (exact) mass is 340 g/mol. The summed E-state index contributed by atoms with van der Waals surface area (Å²) < 4.78 is 0. The van der Waals surface area contributed by atoms with Crippen LogP contribution in [-0.4, -0.2) is 17.4 Å². The normalized spacial score (nSPS) is 10.9. The first-order valence-electron chi connectivity index (χ1n) is 8.28. The van der Waals surface area contributed by atoms with Crippen LogP contribution >= 0.6 is 11.6 Å². The molecule has 1 amide bonds. The van der Waals surface area contributed by atoms with E-state index in [4.69, 9.17) is 11.6 Å². The van der Waals surface area contributed by atoms with E-state index < -0.39 is 0 Å². The maximum atomic E-state index is 11.9. The van der Waals surface area contributed by atoms with Crippen molar-refractivity contribution in [2.75, 3.05) is 6.54 Å². The van der Waals surface area contributed by atoms with Crippen molar-refractivity contribution in [3.05, 3.63) is 70.9 Å². The Balaban J connectivity index is 1.39. The summed E-state index contributed by atoms with van der Waals surface area (Å²) in [4.78, 5) is 15.2. The second-order valence-corrected chi connectivity index (χ2v) is 6.38. The summed E-state index contributed by atoms with van der Waals surface area (Å²) >= 11 is 5.86. The number of H-pyrrole nitrogens is 1. The molecule has 0 aliphatic rings. The fraction of sp³-hybridized carbons (Fsp3) is 0.250. The Hall–Kier alpha value is -2.26. The van der Waals surface area contributed by atoms with Gasteiger partial charge in [0, 0.05) is 35.1 Å². The zero-order chi connectivity index (χ0) is 16.8. The van der Waals surface area contributed by atoms with Gasteiger partial charge in [-0.1, -0.05) is 41.9 Å². The fourth-order valence-electron chi connectivity index (χ4n) is 2.86. The second-order valence-electron chi connectivity index (χ2n) is 5.94. The molecule has 0 saturated heterocycles. The summed E-state index contributed by atoms with van der Waals surface area (Å²) in [6.07, 6.45) is 5.19. The van der Waals surface area contributed by atoms with Crippen LogP contribution in [0.3, 0.4) is 0 Å². The molecule has 3 nitrogen and oxygen atoms in total. The van der Waals surface area contributed by atoms with Gasteiger partial charge in [-0.25, -0.2) is 0 Å². The number of aromatic amines is 1. The number of para-hydroxylation sites is 1. The Labute approximate surface area is 147 Å². The van der Waals surface area contributed by atoms with Crippen LogP contribution in [0.25, 0.3) is 10.9 Å². The maximum absolute atomic E-state index is 11.9. The molecule has 3 aromatic rings. The van der Waals surface area contributed by atoms with Crippen LogP contribution in [0.4, 0.5) is 0 Å². The fourth-order valence-corrected chi connectivity index (χ4v) is 2.99. The van der Waals surface area contributed by atoms with Crippen LogP contribution in [0.1, 0.15) is 24.0 Å². The average molecular weight is 341 g/mol. The van der Waals surface area contributed by atoms with Crippen LogP contribution in [0.15, 0.2) is 54.7 Å². The third-order valence-corrected chi connectivity index (χ3v) is 4.43. The number of rotatable bonds is 7. The topological polar surface area (TPSA) is 44.9 Å². The highest BCUT2D eigenvalue weighted by molar-refractivity contribution is 6.30. The summed E-state index contributed by atoms with van der Waals surface area (Å²) in [5, 5.41) is 4.97. The molecule has 2 aromatic carbocycles. The van der Waals surface area contributed by atoms with E-state index in [0.717, 1.165) is 29.8 Å². The molecule has 1 aromatic heterocycles. The molecule has 3 rings (SSSR count). The molecule has 24 heavy (non-hydrogen) atoms. The minimum absolute atomic E-state index is 0.115. The first-order chi connectivity index (χ1) is 11.7. The maximum Gasteiger partial charge on any atom is 0.220 e. The lowest BCUT2D eigenvalue weighted by molar-refractivity contribution is -0.121. The highest BCUT2D eigenvalue weighted by atomic mass is 35.5. The Bertz CT molecular complexity index is 808. The minimum atomic E-state index is 0.115. The van der Waals surface area contributed by atoms with Gasteiger partial charge in [-0.2, -0.15) is 0 Å². The summed E-state index contributed by atoms with van der Waals surface area (Å²) in [6, 6.07) is 16.0. The smallest absolute Gasteiger partial charge is 0.220 e. The van der Waals surface area contributed by atoms with E-state index in [1.54, 1.807) is 0 Å². The van der Waals surface area contributed by atoms with E-state index in [-0.39, 0.29) is 5.91 Å². The van der Waals surface area contributed by atoms with Crippen molar-refractivity contribution in [1.82, 2.24) is 10.3 Å². The van der Waals surface area contributed by atoms with Gasteiger partial charge in [0.15, 0.2) is 0 Å². The summed E-state index contributed by atoms with van der Waals surface area (Å²) in [6.45, 7) is 0.660. The first kappa shape index (κ1) is 16.6. The number of carbonyl (C=O) groups is 1. The Morgan fingerprint density at radius 3 is 2.67 bits per heavy atom. The summed E-state index contributed by atoms with van der Waals surface area (Å²) in [5.74, 6) is 0.115. The lowest BCUT2D eigenvalue weighted by atomic mass is 10.1. The standard InChI is InChI=1S/C20H21ClN2O/c21-17-10-8-15(9-11-17)12-13-22-20(24)7-3-4-16-14-23-19-6-2-1-5-18(16)19/h1-2,5-6,8-11,14,23H,3-4,7,12-13H2,(H,22,24). The molecule has 0 spiro atoms. The van der Waals surface area contributed by atoms with Crippen molar-refractivity contribution in [1.29, 1.82) is 0 Å². The van der Waals surface area contributed by atoms with E-state index in [9.17, 15) is 4.79 Å². The predicted octanol–water partition coefficient (Wildman–Crippen LogP) is 4.50. The SMILES string of the molecule is O=C(CCCc1c[nH]c2ccccc12)NCCc1ccc(Cl)cc1. The molecule has 0 atom stereocenters. The molecule has 0 bridgehead atoms. The predicted molar refractivity (Wildman–Crippen MR) is 99.4 cm³/mol. The number of aromatic nitrogens is 1. The number of carbonyl (C=O) groups excluding carboxylic acids is 1. The highest BCUT2D eigenvalue weighted by Gasteiger charge is 2.05. The number of amides is 1. The van der Waals surface area contributed by atoms with Gasteiger partial charge in [-0.05, 0) is 48.6 Å². The van der Waals surface area contributed by atoms with Gasteiger partial charge < -0.3 is 10.3 Å². The largest absolute Gasteiger partial charge is 0.361 e. The summed E-state index contributed by atoms with van der Waals surface area (Å²) in [5.41, 5.74) is 3.61. The van der Waals surface area contributed by atoms with Gasteiger partial charge in [0.2, 0.25) is 5.91 Å². The third kappa shape index (κ3) is 4.39. The molecule has 124 valence electrons. The average Bonchev–Trinajstić information content (AvgIpc) is 3.00. The molecule has 0 aliphatic carbocycles. The van der Waals surface area contributed by atoms with Crippen LogP contribution in [0.2, 0.25) is 5.02 Å². The summed E-state index contributed by atoms with van der Waals surface area (Å²) in [7, 11) is 0. The van der Waals surface area contributed by atoms with E-state index >= 15 is 0 Å². The van der Waals surface area contributed by atoms with Gasteiger partial charge in [-0.3, -0.25) is 4.79 Å². The third-order valence-electron chi connectivity index (χ3n) is 4.17. The lowest BCUT2D eigenvalue weighted by Crippen LogP contribution is -2.25. The number of hydrogen-bond donors (Lipinski definition) is 2. The molecular formula is C20H21ClN2O. The number of benzene rings is 2. The van der Waals surface area contributed by atoms with Crippen molar-refractivity contribution in [3.63, 3.8) is 0 Å². The Morgan fingerprint density at radius 1 is 1.04 bits per heavy atom. The zero-order valence-corrected chi connectivity index (χ0v) is 14.3. The Morgan fingerprint density at radius 2 is 1.83 bits per heavy atom. The highest BCUT2D eigenvalue weighted by Crippen LogP contribution is 2.19. The number of hydrogen-bond acceptors (Lipinski definition) is 1. The van der Waals surface area contributed by atoms with Crippen LogP contribution < -0.4 is 5.32 Å². The van der Waals surface area contributed by atoms with Crippen molar-refractivity contribution >= 4 is 28.4 Å². The van der Waals surface area contributed by atoms with Crippen LogP contribution in [-0.2, 0) is 17.6 Å².